The molecule has 0 amide bonds. The second-order valence-corrected chi connectivity index (χ2v) is 4.90. The highest BCUT2D eigenvalue weighted by Crippen LogP contribution is 2.02. The van der Waals surface area contributed by atoms with Crippen LogP contribution in [-0.2, 0) is 0 Å². The number of nitrogens with zero attached hydrogens (tertiary/aromatic N) is 2. The van der Waals surface area contributed by atoms with E-state index >= 15 is 0 Å². The summed E-state index contributed by atoms with van der Waals surface area (Å²) in [4.78, 5) is 8.79. The fourth-order valence-electron chi connectivity index (χ4n) is 1.96. The highest BCUT2D eigenvalue weighted by molar-refractivity contribution is 5.80. The molecule has 0 fully saturated rings. The minimum atomic E-state index is 0.719. The molecule has 0 atom stereocenters. The Kier molecular flexibility index (Phi) is 5.24. The van der Waals surface area contributed by atoms with E-state index in [4.69, 9.17) is 0 Å². The number of aryl methyl sites for hydroxylation is 2. The second-order valence-electron chi connectivity index (χ2n) is 4.90. The number of aliphatic imine (C=N–C) groups is 2. The molecular formula is C18H20N2. The van der Waals surface area contributed by atoms with Crippen LogP contribution in [0.25, 0.3) is 0 Å². The summed E-state index contributed by atoms with van der Waals surface area (Å²) < 4.78 is 0. The van der Waals surface area contributed by atoms with Gasteiger partial charge in [0, 0.05) is 12.4 Å². The van der Waals surface area contributed by atoms with Crippen molar-refractivity contribution >= 4 is 12.4 Å². The quantitative estimate of drug-likeness (QED) is 0.579. The van der Waals surface area contributed by atoms with Gasteiger partial charge < -0.3 is 0 Å². The Balaban J connectivity index is 1.79. The lowest BCUT2D eigenvalue weighted by molar-refractivity contribution is 0.985. The van der Waals surface area contributed by atoms with Gasteiger partial charge in [-0.15, -0.1) is 0 Å². The SMILES string of the molecule is Cc1cccc(C=NCCN=Cc2cccc(C)c2)c1. The molecule has 2 aromatic carbocycles. The zero-order valence-corrected chi connectivity index (χ0v) is 12.1. The van der Waals surface area contributed by atoms with Gasteiger partial charge in [-0.25, -0.2) is 0 Å². The van der Waals surface area contributed by atoms with Crippen molar-refractivity contribution in [1.29, 1.82) is 0 Å². The summed E-state index contributed by atoms with van der Waals surface area (Å²) in [7, 11) is 0. The monoisotopic (exact) mass is 264 g/mol. The highest BCUT2D eigenvalue weighted by Gasteiger charge is 1.89. The van der Waals surface area contributed by atoms with E-state index in [0.717, 1.165) is 24.2 Å². The van der Waals surface area contributed by atoms with Crippen molar-refractivity contribution in [2.24, 2.45) is 9.98 Å². The Hall–Kier alpha value is -2.22. The second kappa shape index (κ2) is 7.39. The van der Waals surface area contributed by atoms with Crippen molar-refractivity contribution in [2.75, 3.05) is 13.1 Å². The highest BCUT2D eigenvalue weighted by atomic mass is 14.8. The number of benzene rings is 2. The fraction of sp³-hybridized carbons (Fsp3) is 0.222. The van der Waals surface area contributed by atoms with Gasteiger partial charge in [-0.2, -0.15) is 0 Å². The molecule has 0 unspecified atom stereocenters. The zero-order valence-electron chi connectivity index (χ0n) is 12.1. The maximum Gasteiger partial charge on any atom is 0.0585 e. The Morgan fingerprint density at radius 1 is 0.750 bits per heavy atom. The summed E-state index contributed by atoms with van der Waals surface area (Å²) in [5.74, 6) is 0. The van der Waals surface area contributed by atoms with Gasteiger partial charge in [0.2, 0.25) is 0 Å². The van der Waals surface area contributed by atoms with E-state index in [1.165, 1.54) is 11.1 Å². The molecule has 2 heteroatoms. The predicted molar refractivity (Wildman–Crippen MR) is 87.3 cm³/mol. The first-order chi connectivity index (χ1) is 9.74. The van der Waals surface area contributed by atoms with Gasteiger partial charge in [-0.05, 0) is 25.0 Å². The number of hydrogen-bond donors (Lipinski definition) is 0. The molecule has 0 N–H and O–H groups in total. The summed E-state index contributed by atoms with van der Waals surface area (Å²) >= 11 is 0. The van der Waals surface area contributed by atoms with E-state index < -0.39 is 0 Å². The lowest BCUT2D eigenvalue weighted by atomic mass is 10.1. The Morgan fingerprint density at radius 2 is 1.20 bits per heavy atom. The Bertz CT molecular complexity index is 557. The van der Waals surface area contributed by atoms with Crippen LogP contribution in [0.3, 0.4) is 0 Å². The molecule has 0 saturated carbocycles. The third kappa shape index (κ3) is 4.81. The molecule has 0 aliphatic rings. The van der Waals surface area contributed by atoms with Crippen LogP contribution in [0.5, 0.6) is 0 Å². The van der Waals surface area contributed by atoms with E-state index in [0.29, 0.717) is 0 Å². The molecule has 0 aliphatic heterocycles. The van der Waals surface area contributed by atoms with E-state index in [1.54, 1.807) is 0 Å². The molecule has 0 bridgehead atoms. The lowest BCUT2D eigenvalue weighted by Gasteiger charge is -1.96. The van der Waals surface area contributed by atoms with Gasteiger partial charge in [-0.3, -0.25) is 9.98 Å². The van der Waals surface area contributed by atoms with E-state index in [-0.39, 0.29) is 0 Å². The van der Waals surface area contributed by atoms with Gasteiger partial charge >= 0.3 is 0 Å². The van der Waals surface area contributed by atoms with Gasteiger partial charge in [0.25, 0.3) is 0 Å². The maximum atomic E-state index is 4.39. The van der Waals surface area contributed by atoms with Crippen molar-refractivity contribution in [1.82, 2.24) is 0 Å². The van der Waals surface area contributed by atoms with Gasteiger partial charge in [0.05, 0.1) is 13.1 Å². The first-order valence-electron chi connectivity index (χ1n) is 6.87. The fourth-order valence-corrected chi connectivity index (χ4v) is 1.96. The molecule has 2 nitrogen and oxygen atoms in total. The third-order valence-electron chi connectivity index (χ3n) is 2.92. The molecule has 0 saturated heterocycles. The smallest absolute Gasteiger partial charge is 0.0585 e. The average molecular weight is 264 g/mol. The standard InChI is InChI=1S/C18H20N2/c1-15-5-3-7-17(11-15)13-19-9-10-20-14-18-8-4-6-16(2)12-18/h3-8,11-14H,9-10H2,1-2H3. The minimum absolute atomic E-state index is 0.719. The van der Waals surface area contributed by atoms with Crippen molar-refractivity contribution in [2.45, 2.75) is 13.8 Å². The molecule has 0 aromatic heterocycles. The topological polar surface area (TPSA) is 24.7 Å². The van der Waals surface area contributed by atoms with Crippen LogP contribution in [0.2, 0.25) is 0 Å². The molecule has 0 heterocycles. The molecule has 2 aromatic rings. The third-order valence-corrected chi connectivity index (χ3v) is 2.92. The van der Waals surface area contributed by atoms with E-state index in [9.17, 15) is 0 Å². The van der Waals surface area contributed by atoms with Crippen LogP contribution in [0.15, 0.2) is 58.5 Å². The summed E-state index contributed by atoms with van der Waals surface area (Å²) in [6, 6.07) is 16.6. The van der Waals surface area contributed by atoms with Gasteiger partial charge in [-0.1, -0.05) is 59.7 Å². The van der Waals surface area contributed by atoms with E-state index in [1.807, 2.05) is 24.6 Å². The van der Waals surface area contributed by atoms with Crippen molar-refractivity contribution in [3.8, 4) is 0 Å². The van der Waals surface area contributed by atoms with Crippen molar-refractivity contribution < 1.29 is 0 Å². The largest absolute Gasteiger partial charge is 0.291 e. The van der Waals surface area contributed by atoms with Crippen LogP contribution in [0.1, 0.15) is 22.3 Å². The zero-order chi connectivity index (χ0) is 14.2. The van der Waals surface area contributed by atoms with Crippen LogP contribution >= 0.6 is 0 Å². The molecule has 0 aliphatic carbocycles. The summed E-state index contributed by atoms with van der Waals surface area (Å²) in [6.45, 7) is 5.61. The molecule has 2 rings (SSSR count). The summed E-state index contributed by atoms with van der Waals surface area (Å²) in [6.07, 6.45) is 3.82. The number of hydrogen-bond acceptors (Lipinski definition) is 2. The minimum Gasteiger partial charge on any atom is -0.291 e. The van der Waals surface area contributed by atoms with Gasteiger partial charge in [0.1, 0.15) is 0 Å². The Labute approximate surface area is 120 Å². The lowest BCUT2D eigenvalue weighted by Crippen LogP contribution is -1.91. The predicted octanol–water partition coefficient (Wildman–Crippen LogP) is 3.84. The van der Waals surface area contributed by atoms with Crippen LogP contribution in [0.4, 0.5) is 0 Å². The van der Waals surface area contributed by atoms with Crippen LogP contribution < -0.4 is 0 Å². The average Bonchev–Trinajstić information content (AvgIpc) is 2.43. The normalized spacial score (nSPS) is 11.5. The van der Waals surface area contributed by atoms with E-state index in [2.05, 4.69) is 60.2 Å². The first kappa shape index (κ1) is 14.2. The maximum absolute atomic E-state index is 4.39. The van der Waals surface area contributed by atoms with Crippen molar-refractivity contribution in [3.05, 3.63) is 70.8 Å². The molecule has 0 radical (unpaired) electrons. The molecule has 0 spiro atoms. The summed E-state index contributed by atoms with van der Waals surface area (Å²) in [5.41, 5.74) is 4.80. The molecule has 20 heavy (non-hydrogen) atoms. The number of rotatable bonds is 5. The summed E-state index contributed by atoms with van der Waals surface area (Å²) in [5, 5.41) is 0. The first-order valence-corrected chi connectivity index (χ1v) is 6.87. The van der Waals surface area contributed by atoms with Gasteiger partial charge in [0.15, 0.2) is 0 Å². The van der Waals surface area contributed by atoms with Crippen molar-refractivity contribution in [3.63, 3.8) is 0 Å². The molecular weight excluding hydrogens is 244 g/mol. The Morgan fingerprint density at radius 3 is 1.60 bits per heavy atom. The molecule has 102 valence electrons. The van der Waals surface area contributed by atoms with Crippen LogP contribution in [-0.4, -0.2) is 25.5 Å². The van der Waals surface area contributed by atoms with Crippen LogP contribution in [0, 0.1) is 13.8 Å².